The standard InChI is InChI=1S/C15H20BrN7/c1-2-22-5-7-23(8-6-22)15-13(17)14(19-10-20-15)21-12-4-3-11(16)9-18-12/h3-4,9-10H,2,5-8,17H2,1H3,(H,18,19,20,21). The maximum atomic E-state index is 6.28. The van der Waals surface area contributed by atoms with Gasteiger partial charge >= 0.3 is 0 Å². The molecule has 0 amide bonds. The van der Waals surface area contributed by atoms with Crippen molar-refractivity contribution in [3.63, 3.8) is 0 Å². The molecule has 0 atom stereocenters. The molecular formula is C15H20BrN7. The Kier molecular flexibility index (Phi) is 4.92. The number of hydrogen-bond donors (Lipinski definition) is 2. The summed E-state index contributed by atoms with van der Waals surface area (Å²) < 4.78 is 0.924. The van der Waals surface area contributed by atoms with Crippen LogP contribution in [0, 0.1) is 0 Å². The smallest absolute Gasteiger partial charge is 0.160 e. The van der Waals surface area contributed by atoms with E-state index in [4.69, 9.17) is 5.73 Å². The fraction of sp³-hybridized carbons (Fsp3) is 0.400. The summed E-state index contributed by atoms with van der Waals surface area (Å²) in [4.78, 5) is 17.5. The van der Waals surface area contributed by atoms with E-state index in [0.29, 0.717) is 17.3 Å². The highest BCUT2D eigenvalue weighted by atomic mass is 79.9. The summed E-state index contributed by atoms with van der Waals surface area (Å²) in [7, 11) is 0. The number of nitrogens with zero attached hydrogens (tertiary/aromatic N) is 5. The molecule has 3 heterocycles. The predicted octanol–water partition coefficient (Wildman–Crippen LogP) is 2.10. The highest BCUT2D eigenvalue weighted by molar-refractivity contribution is 9.10. The van der Waals surface area contributed by atoms with Crippen LogP contribution in [0.25, 0.3) is 0 Å². The molecule has 122 valence electrons. The zero-order valence-electron chi connectivity index (χ0n) is 13.0. The van der Waals surface area contributed by atoms with Gasteiger partial charge in [-0.3, -0.25) is 0 Å². The molecule has 7 nitrogen and oxygen atoms in total. The number of piperazine rings is 1. The van der Waals surface area contributed by atoms with Crippen molar-refractivity contribution >= 4 is 39.1 Å². The van der Waals surface area contributed by atoms with Gasteiger partial charge in [0.05, 0.1) is 0 Å². The van der Waals surface area contributed by atoms with E-state index in [9.17, 15) is 0 Å². The van der Waals surface area contributed by atoms with Gasteiger partial charge < -0.3 is 20.9 Å². The van der Waals surface area contributed by atoms with E-state index in [-0.39, 0.29) is 0 Å². The minimum Gasteiger partial charge on any atom is -0.393 e. The van der Waals surface area contributed by atoms with Crippen LogP contribution in [0.15, 0.2) is 29.1 Å². The molecule has 0 aliphatic carbocycles. The zero-order chi connectivity index (χ0) is 16.2. The quantitative estimate of drug-likeness (QED) is 0.843. The number of rotatable bonds is 4. The lowest BCUT2D eigenvalue weighted by molar-refractivity contribution is 0.270. The van der Waals surface area contributed by atoms with Crippen LogP contribution in [0.3, 0.4) is 0 Å². The van der Waals surface area contributed by atoms with E-state index in [1.54, 1.807) is 12.5 Å². The summed E-state index contributed by atoms with van der Waals surface area (Å²) in [6, 6.07) is 3.78. The maximum Gasteiger partial charge on any atom is 0.160 e. The van der Waals surface area contributed by atoms with Crippen molar-refractivity contribution in [3.05, 3.63) is 29.1 Å². The average Bonchev–Trinajstić information content (AvgIpc) is 2.59. The van der Waals surface area contributed by atoms with Crippen LogP contribution in [0.1, 0.15) is 6.92 Å². The number of nitrogen functional groups attached to an aromatic ring is 1. The van der Waals surface area contributed by atoms with E-state index in [2.05, 4.69) is 52.9 Å². The van der Waals surface area contributed by atoms with Gasteiger partial charge in [-0.1, -0.05) is 6.92 Å². The van der Waals surface area contributed by atoms with E-state index in [0.717, 1.165) is 43.0 Å². The highest BCUT2D eigenvalue weighted by Gasteiger charge is 2.20. The predicted molar refractivity (Wildman–Crippen MR) is 96.0 cm³/mol. The van der Waals surface area contributed by atoms with Crippen LogP contribution < -0.4 is 16.0 Å². The molecule has 0 bridgehead atoms. The number of pyridine rings is 1. The third-order valence-corrected chi connectivity index (χ3v) is 4.42. The van der Waals surface area contributed by atoms with Crippen LogP contribution in [-0.2, 0) is 0 Å². The van der Waals surface area contributed by atoms with Crippen molar-refractivity contribution < 1.29 is 0 Å². The summed E-state index contributed by atoms with van der Waals surface area (Å²) in [6.07, 6.45) is 3.27. The van der Waals surface area contributed by atoms with Gasteiger partial charge in [0, 0.05) is 36.8 Å². The normalized spacial score (nSPS) is 15.7. The summed E-state index contributed by atoms with van der Waals surface area (Å²) in [6.45, 7) is 7.15. The van der Waals surface area contributed by atoms with Gasteiger partial charge in [-0.05, 0) is 34.6 Å². The Balaban J connectivity index is 1.77. The minimum atomic E-state index is 0.558. The molecule has 1 fully saturated rings. The molecule has 3 N–H and O–H groups in total. The number of nitrogens with one attached hydrogen (secondary N) is 1. The van der Waals surface area contributed by atoms with E-state index >= 15 is 0 Å². The van der Waals surface area contributed by atoms with Crippen molar-refractivity contribution in [2.45, 2.75) is 6.92 Å². The molecule has 0 aromatic carbocycles. The number of anilines is 4. The number of likely N-dealkylation sites (N-methyl/N-ethyl adjacent to an activating group) is 1. The molecule has 0 radical (unpaired) electrons. The highest BCUT2D eigenvalue weighted by Crippen LogP contribution is 2.28. The second kappa shape index (κ2) is 7.10. The molecule has 3 rings (SSSR count). The van der Waals surface area contributed by atoms with Crippen molar-refractivity contribution in [2.24, 2.45) is 0 Å². The number of aromatic nitrogens is 3. The first kappa shape index (κ1) is 15.9. The first-order valence-electron chi connectivity index (χ1n) is 7.63. The molecule has 1 saturated heterocycles. The molecule has 2 aromatic rings. The Bertz CT molecular complexity index is 653. The van der Waals surface area contributed by atoms with Crippen LogP contribution >= 0.6 is 15.9 Å². The summed E-state index contributed by atoms with van der Waals surface area (Å²) in [5, 5.41) is 3.15. The number of halogens is 1. The van der Waals surface area contributed by atoms with Crippen LogP contribution in [0.5, 0.6) is 0 Å². The first-order chi connectivity index (χ1) is 11.2. The Hall–Kier alpha value is -1.93. The van der Waals surface area contributed by atoms with Gasteiger partial charge in [-0.2, -0.15) is 0 Å². The fourth-order valence-corrected chi connectivity index (χ4v) is 2.82. The first-order valence-corrected chi connectivity index (χ1v) is 8.43. The Morgan fingerprint density at radius 1 is 1.17 bits per heavy atom. The second-order valence-electron chi connectivity index (χ2n) is 5.37. The van der Waals surface area contributed by atoms with Gasteiger partial charge in [0.25, 0.3) is 0 Å². The van der Waals surface area contributed by atoms with Gasteiger partial charge in [0.15, 0.2) is 11.6 Å². The second-order valence-corrected chi connectivity index (χ2v) is 6.28. The molecule has 8 heteroatoms. The van der Waals surface area contributed by atoms with Gasteiger partial charge in [-0.25, -0.2) is 15.0 Å². The Morgan fingerprint density at radius 3 is 2.61 bits per heavy atom. The lowest BCUT2D eigenvalue weighted by Gasteiger charge is -2.35. The molecule has 23 heavy (non-hydrogen) atoms. The van der Waals surface area contributed by atoms with Crippen molar-refractivity contribution in [1.82, 2.24) is 19.9 Å². The molecule has 0 unspecified atom stereocenters. The maximum absolute atomic E-state index is 6.28. The number of hydrogen-bond acceptors (Lipinski definition) is 7. The third kappa shape index (κ3) is 3.70. The monoisotopic (exact) mass is 377 g/mol. The zero-order valence-corrected chi connectivity index (χ0v) is 14.6. The SMILES string of the molecule is CCN1CCN(c2ncnc(Nc3ccc(Br)cn3)c2N)CC1. The molecule has 1 aliphatic heterocycles. The summed E-state index contributed by atoms with van der Waals surface area (Å²) >= 11 is 3.37. The number of nitrogens with two attached hydrogens (primary N) is 1. The van der Waals surface area contributed by atoms with Gasteiger partial charge in [0.2, 0.25) is 0 Å². The average molecular weight is 378 g/mol. The summed E-state index contributed by atoms with van der Waals surface area (Å²) in [5.41, 5.74) is 6.84. The third-order valence-electron chi connectivity index (χ3n) is 3.96. The molecule has 2 aromatic heterocycles. The van der Waals surface area contributed by atoms with Crippen molar-refractivity contribution in [2.75, 3.05) is 48.7 Å². The Labute approximate surface area is 144 Å². The lowest BCUT2D eigenvalue weighted by atomic mass is 10.3. The van der Waals surface area contributed by atoms with Gasteiger partial charge in [0.1, 0.15) is 17.8 Å². The minimum absolute atomic E-state index is 0.558. The van der Waals surface area contributed by atoms with E-state index in [1.807, 2.05) is 12.1 Å². The van der Waals surface area contributed by atoms with Crippen LogP contribution in [0.4, 0.5) is 23.1 Å². The van der Waals surface area contributed by atoms with Crippen LogP contribution in [-0.4, -0.2) is 52.6 Å². The van der Waals surface area contributed by atoms with Crippen molar-refractivity contribution in [3.8, 4) is 0 Å². The molecule has 0 saturated carbocycles. The van der Waals surface area contributed by atoms with E-state index in [1.165, 1.54) is 0 Å². The lowest BCUT2D eigenvalue weighted by Crippen LogP contribution is -2.46. The largest absolute Gasteiger partial charge is 0.393 e. The topological polar surface area (TPSA) is 83.2 Å². The molecule has 0 spiro atoms. The van der Waals surface area contributed by atoms with Crippen molar-refractivity contribution in [1.29, 1.82) is 0 Å². The summed E-state index contributed by atoms with van der Waals surface area (Å²) in [5.74, 6) is 2.07. The fourth-order valence-electron chi connectivity index (χ4n) is 2.58. The molecular weight excluding hydrogens is 358 g/mol. The van der Waals surface area contributed by atoms with E-state index < -0.39 is 0 Å². The van der Waals surface area contributed by atoms with Gasteiger partial charge in [-0.15, -0.1) is 0 Å². The Morgan fingerprint density at radius 2 is 1.96 bits per heavy atom. The molecule has 1 aliphatic rings. The van der Waals surface area contributed by atoms with Crippen LogP contribution in [0.2, 0.25) is 0 Å².